The van der Waals surface area contributed by atoms with Crippen molar-refractivity contribution in [2.45, 2.75) is 12.8 Å². The van der Waals surface area contributed by atoms with Crippen molar-refractivity contribution < 1.29 is 19.4 Å². The summed E-state index contributed by atoms with van der Waals surface area (Å²) in [6.45, 7) is 4.20. The molecular formula is C19H27FN2O3. The normalized spacial score (nSPS) is 25.5. The van der Waals surface area contributed by atoms with E-state index in [1.165, 1.54) is 12.1 Å². The van der Waals surface area contributed by atoms with Crippen molar-refractivity contribution in [3.05, 3.63) is 35.6 Å². The zero-order chi connectivity index (χ0) is 17.8. The van der Waals surface area contributed by atoms with Gasteiger partial charge in [-0.05, 0) is 56.0 Å². The Morgan fingerprint density at radius 1 is 1.12 bits per heavy atom. The van der Waals surface area contributed by atoms with Crippen LogP contribution in [0.25, 0.3) is 0 Å². The van der Waals surface area contributed by atoms with Crippen molar-refractivity contribution in [1.29, 1.82) is 0 Å². The molecule has 1 amide bonds. The first-order valence-corrected chi connectivity index (χ1v) is 9.09. The number of aliphatic hydroxyl groups is 2. The summed E-state index contributed by atoms with van der Waals surface area (Å²) in [4.78, 5) is 16.7. The number of amides is 1. The van der Waals surface area contributed by atoms with E-state index in [0.717, 1.165) is 32.5 Å². The van der Waals surface area contributed by atoms with Crippen molar-refractivity contribution in [2.24, 2.45) is 17.8 Å². The van der Waals surface area contributed by atoms with Crippen LogP contribution in [0.2, 0.25) is 0 Å². The minimum Gasteiger partial charge on any atom is -0.396 e. The first kappa shape index (κ1) is 18.3. The largest absolute Gasteiger partial charge is 0.396 e. The second kappa shape index (κ2) is 8.25. The third-order valence-electron chi connectivity index (χ3n) is 5.63. The maximum Gasteiger partial charge on any atom is 0.253 e. The Balaban J connectivity index is 1.59. The minimum atomic E-state index is -0.410. The predicted octanol–water partition coefficient (Wildman–Crippen LogP) is 1.21. The smallest absolute Gasteiger partial charge is 0.253 e. The van der Waals surface area contributed by atoms with Gasteiger partial charge in [0.25, 0.3) is 5.91 Å². The Labute approximate surface area is 148 Å². The molecule has 0 radical (unpaired) electrons. The summed E-state index contributed by atoms with van der Waals surface area (Å²) in [5.74, 6) is 0.118. The molecule has 0 spiro atoms. The Bertz CT molecular complexity index is 590. The fourth-order valence-electron chi connectivity index (χ4n) is 4.01. The van der Waals surface area contributed by atoms with Gasteiger partial charge in [0.15, 0.2) is 0 Å². The molecule has 2 atom stereocenters. The van der Waals surface area contributed by atoms with E-state index < -0.39 is 5.82 Å². The minimum absolute atomic E-state index is 0.0602. The van der Waals surface area contributed by atoms with E-state index in [2.05, 4.69) is 4.90 Å². The van der Waals surface area contributed by atoms with Crippen LogP contribution in [0.1, 0.15) is 23.2 Å². The molecule has 138 valence electrons. The maximum atomic E-state index is 13.4. The molecule has 5 nitrogen and oxygen atoms in total. The molecule has 0 aromatic heterocycles. The topological polar surface area (TPSA) is 64.0 Å². The van der Waals surface area contributed by atoms with Gasteiger partial charge in [0, 0.05) is 44.3 Å². The molecule has 3 rings (SSSR count). The van der Waals surface area contributed by atoms with Gasteiger partial charge in [-0.1, -0.05) is 6.07 Å². The molecule has 2 fully saturated rings. The number of halogens is 1. The van der Waals surface area contributed by atoms with Crippen LogP contribution in [0.3, 0.4) is 0 Å². The fraction of sp³-hybridized carbons (Fsp3) is 0.632. The van der Waals surface area contributed by atoms with Crippen LogP contribution in [-0.2, 0) is 0 Å². The fourth-order valence-corrected chi connectivity index (χ4v) is 4.01. The molecule has 1 aromatic carbocycles. The van der Waals surface area contributed by atoms with Crippen molar-refractivity contribution in [3.8, 4) is 0 Å². The Morgan fingerprint density at radius 2 is 1.84 bits per heavy atom. The van der Waals surface area contributed by atoms with Crippen molar-refractivity contribution in [2.75, 3.05) is 45.9 Å². The Hall–Kier alpha value is -1.50. The van der Waals surface area contributed by atoms with E-state index in [-0.39, 0.29) is 31.0 Å². The molecule has 2 heterocycles. The summed E-state index contributed by atoms with van der Waals surface area (Å²) in [7, 11) is 0. The van der Waals surface area contributed by atoms with Crippen LogP contribution in [0, 0.1) is 23.6 Å². The number of rotatable bonds is 5. The SMILES string of the molecule is O=C(c1cccc(F)c1)N1C[C@@H](CO)[C@@H](CN2CCC(CO)CC2)C1. The van der Waals surface area contributed by atoms with E-state index in [1.54, 1.807) is 17.0 Å². The van der Waals surface area contributed by atoms with E-state index in [4.69, 9.17) is 0 Å². The monoisotopic (exact) mass is 350 g/mol. The highest BCUT2D eigenvalue weighted by Crippen LogP contribution is 2.27. The highest BCUT2D eigenvalue weighted by molar-refractivity contribution is 5.94. The molecule has 2 N–H and O–H groups in total. The molecule has 0 saturated carbocycles. The molecule has 1 aromatic rings. The highest BCUT2D eigenvalue weighted by atomic mass is 19.1. The van der Waals surface area contributed by atoms with Gasteiger partial charge in [-0.15, -0.1) is 0 Å². The van der Waals surface area contributed by atoms with Crippen LogP contribution in [-0.4, -0.2) is 71.9 Å². The van der Waals surface area contributed by atoms with Gasteiger partial charge in [0.05, 0.1) is 0 Å². The second-order valence-electron chi connectivity index (χ2n) is 7.35. The Morgan fingerprint density at radius 3 is 2.48 bits per heavy atom. The van der Waals surface area contributed by atoms with Crippen LogP contribution in [0.15, 0.2) is 24.3 Å². The van der Waals surface area contributed by atoms with Gasteiger partial charge in [-0.3, -0.25) is 4.79 Å². The lowest BCUT2D eigenvalue weighted by molar-refractivity contribution is 0.0775. The molecule has 0 unspecified atom stereocenters. The van der Waals surface area contributed by atoms with Crippen LogP contribution < -0.4 is 0 Å². The molecule has 25 heavy (non-hydrogen) atoms. The number of aliphatic hydroxyl groups excluding tert-OH is 2. The lowest BCUT2D eigenvalue weighted by Crippen LogP contribution is -2.40. The highest BCUT2D eigenvalue weighted by Gasteiger charge is 2.36. The number of hydrogen-bond donors (Lipinski definition) is 2. The quantitative estimate of drug-likeness (QED) is 0.838. The summed E-state index contributed by atoms with van der Waals surface area (Å²) < 4.78 is 13.4. The van der Waals surface area contributed by atoms with Crippen molar-refractivity contribution in [1.82, 2.24) is 9.80 Å². The average molecular weight is 350 g/mol. The lowest BCUT2D eigenvalue weighted by Gasteiger charge is -2.33. The molecule has 0 bridgehead atoms. The van der Waals surface area contributed by atoms with Crippen molar-refractivity contribution in [3.63, 3.8) is 0 Å². The molecule has 6 heteroatoms. The van der Waals surface area contributed by atoms with Gasteiger partial charge >= 0.3 is 0 Å². The standard InChI is InChI=1S/C19H27FN2O3/c20-18-3-1-2-15(8-18)19(25)22-10-16(17(11-22)13-24)9-21-6-4-14(12-23)5-7-21/h1-3,8,14,16-17,23-24H,4-7,9-13H2/t16-,17-/m0/s1. The summed E-state index contributed by atoms with van der Waals surface area (Å²) in [5.41, 5.74) is 0.362. The van der Waals surface area contributed by atoms with E-state index in [1.807, 2.05) is 0 Å². The lowest BCUT2D eigenvalue weighted by atomic mass is 9.93. The summed E-state index contributed by atoms with van der Waals surface area (Å²) >= 11 is 0. The van der Waals surface area contributed by atoms with Crippen LogP contribution >= 0.6 is 0 Å². The average Bonchev–Trinajstić information content (AvgIpc) is 3.04. The third kappa shape index (κ3) is 4.37. The van der Waals surface area contributed by atoms with Gasteiger partial charge in [0.1, 0.15) is 5.82 Å². The molecule has 0 aliphatic carbocycles. The first-order valence-electron chi connectivity index (χ1n) is 9.09. The molecule has 2 aliphatic heterocycles. The number of benzene rings is 1. The third-order valence-corrected chi connectivity index (χ3v) is 5.63. The maximum absolute atomic E-state index is 13.4. The Kier molecular flexibility index (Phi) is 6.04. The van der Waals surface area contributed by atoms with E-state index in [9.17, 15) is 19.4 Å². The van der Waals surface area contributed by atoms with Gasteiger partial charge in [-0.25, -0.2) is 4.39 Å². The van der Waals surface area contributed by atoms with Gasteiger partial charge in [-0.2, -0.15) is 0 Å². The van der Waals surface area contributed by atoms with Crippen molar-refractivity contribution >= 4 is 5.91 Å². The van der Waals surface area contributed by atoms with E-state index in [0.29, 0.717) is 24.6 Å². The van der Waals surface area contributed by atoms with E-state index >= 15 is 0 Å². The molecular weight excluding hydrogens is 323 g/mol. The summed E-state index contributed by atoms with van der Waals surface area (Å²) in [6.07, 6.45) is 2.00. The van der Waals surface area contributed by atoms with Crippen LogP contribution in [0.5, 0.6) is 0 Å². The number of carbonyl (C=O) groups excluding carboxylic acids is 1. The number of hydrogen-bond acceptors (Lipinski definition) is 4. The predicted molar refractivity (Wildman–Crippen MR) is 92.6 cm³/mol. The first-order chi connectivity index (χ1) is 12.1. The zero-order valence-electron chi connectivity index (χ0n) is 14.5. The van der Waals surface area contributed by atoms with Gasteiger partial charge < -0.3 is 20.0 Å². The summed E-state index contributed by atoms with van der Waals surface area (Å²) in [6, 6.07) is 5.77. The number of piperidine rings is 1. The summed E-state index contributed by atoms with van der Waals surface area (Å²) in [5, 5.41) is 19.0. The number of carbonyl (C=O) groups is 1. The van der Waals surface area contributed by atoms with Crippen LogP contribution in [0.4, 0.5) is 4.39 Å². The molecule has 2 aliphatic rings. The zero-order valence-corrected chi connectivity index (χ0v) is 14.5. The number of nitrogens with zero attached hydrogens (tertiary/aromatic N) is 2. The second-order valence-corrected chi connectivity index (χ2v) is 7.35. The number of likely N-dealkylation sites (tertiary alicyclic amines) is 2. The van der Waals surface area contributed by atoms with Gasteiger partial charge in [0.2, 0.25) is 0 Å². The molecule has 2 saturated heterocycles.